The lowest BCUT2D eigenvalue weighted by Gasteiger charge is -1.92. The van der Waals surface area contributed by atoms with Crippen LogP contribution in [0.3, 0.4) is 0 Å². The van der Waals surface area contributed by atoms with Crippen LogP contribution in [0.5, 0.6) is 0 Å². The zero-order valence-corrected chi connectivity index (χ0v) is 9.78. The maximum Gasteiger partial charge on any atom is 0.150 e. The van der Waals surface area contributed by atoms with Gasteiger partial charge in [0.2, 0.25) is 0 Å². The fourth-order valence-corrected chi connectivity index (χ4v) is 2.67. The average Bonchev–Trinajstić information content (AvgIpc) is 2.82. The second-order valence-electron chi connectivity index (χ2n) is 3.73. The van der Waals surface area contributed by atoms with Crippen molar-refractivity contribution in [3.05, 3.63) is 54.1 Å². The Hall–Kier alpha value is -2.00. The summed E-state index contributed by atoms with van der Waals surface area (Å²) in [6, 6.07) is 15.7. The normalized spacial score (nSPS) is 10.6. The molecule has 82 valence electrons. The molecule has 1 heterocycles. The van der Waals surface area contributed by atoms with E-state index in [0.717, 1.165) is 27.1 Å². The number of rotatable bonds is 2. The summed E-state index contributed by atoms with van der Waals surface area (Å²) < 4.78 is 1.11. The summed E-state index contributed by atoms with van der Waals surface area (Å²) in [5, 5.41) is 0.989. The third-order valence-electron chi connectivity index (χ3n) is 2.57. The van der Waals surface area contributed by atoms with Crippen LogP contribution in [0.25, 0.3) is 20.8 Å². The van der Waals surface area contributed by atoms with Gasteiger partial charge >= 0.3 is 0 Å². The zero-order chi connectivity index (χ0) is 11.7. The number of aromatic nitrogens is 1. The van der Waals surface area contributed by atoms with Crippen molar-refractivity contribution in [1.82, 2.24) is 4.98 Å². The minimum Gasteiger partial charge on any atom is -0.298 e. The lowest BCUT2D eigenvalue weighted by Crippen LogP contribution is -1.78. The lowest BCUT2D eigenvalue weighted by atomic mass is 10.2. The van der Waals surface area contributed by atoms with E-state index in [-0.39, 0.29) is 0 Å². The van der Waals surface area contributed by atoms with Crippen LogP contribution < -0.4 is 0 Å². The van der Waals surface area contributed by atoms with Crippen molar-refractivity contribution in [3.63, 3.8) is 0 Å². The van der Waals surface area contributed by atoms with Gasteiger partial charge < -0.3 is 0 Å². The molecular weight excluding hydrogens is 230 g/mol. The molecule has 3 heteroatoms. The predicted octanol–water partition coefficient (Wildman–Crippen LogP) is 3.78. The van der Waals surface area contributed by atoms with E-state index in [9.17, 15) is 4.79 Å². The second kappa shape index (κ2) is 4.11. The van der Waals surface area contributed by atoms with E-state index in [1.54, 1.807) is 11.3 Å². The molecule has 0 aliphatic heterocycles. The highest BCUT2D eigenvalue weighted by Gasteiger charge is 2.06. The van der Waals surface area contributed by atoms with Crippen LogP contribution in [0.4, 0.5) is 0 Å². The molecule has 0 N–H and O–H groups in total. The Balaban J connectivity index is 2.17. The molecule has 2 aromatic carbocycles. The van der Waals surface area contributed by atoms with E-state index in [0.29, 0.717) is 5.56 Å². The monoisotopic (exact) mass is 239 g/mol. The maximum absolute atomic E-state index is 10.7. The Kier molecular flexibility index (Phi) is 2.46. The van der Waals surface area contributed by atoms with Crippen LogP contribution in [0.2, 0.25) is 0 Å². The summed E-state index contributed by atoms with van der Waals surface area (Å²) in [5.74, 6) is 0. The molecule has 3 rings (SSSR count). The first-order valence-electron chi connectivity index (χ1n) is 5.28. The second-order valence-corrected chi connectivity index (χ2v) is 4.76. The summed E-state index contributed by atoms with van der Waals surface area (Å²) in [6.45, 7) is 0. The number of hydrogen-bond acceptors (Lipinski definition) is 3. The maximum atomic E-state index is 10.7. The Morgan fingerprint density at radius 2 is 1.88 bits per heavy atom. The third-order valence-corrected chi connectivity index (χ3v) is 3.65. The zero-order valence-electron chi connectivity index (χ0n) is 8.96. The number of thiazole rings is 1. The molecule has 0 unspecified atom stereocenters. The quantitative estimate of drug-likeness (QED) is 0.637. The van der Waals surface area contributed by atoms with E-state index in [1.807, 2.05) is 48.5 Å². The van der Waals surface area contributed by atoms with E-state index in [2.05, 4.69) is 4.98 Å². The van der Waals surface area contributed by atoms with Gasteiger partial charge in [0.1, 0.15) is 11.3 Å². The average molecular weight is 239 g/mol. The highest BCUT2D eigenvalue weighted by Crippen LogP contribution is 2.30. The molecule has 0 aliphatic carbocycles. The fraction of sp³-hybridized carbons (Fsp3) is 0. The molecule has 0 bridgehead atoms. The molecule has 0 fully saturated rings. The summed E-state index contributed by atoms with van der Waals surface area (Å²) in [6.07, 6.45) is 0.848. The first kappa shape index (κ1) is 10.2. The summed E-state index contributed by atoms with van der Waals surface area (Å²) in [5.41, 5.74) is 2.67. The smallest absolute Gasteiger partial charge is 0.150 e. The Morgan fingerprint density at radius 3 is 2.65 bits per heavy atom. The third kappa shape index (κ3) is 1.85. The minimum atomic E-state index is 0.669. The minimum absolute atomic E-state index is 0.669. The van der Waals surface area contributed by atoms with Gasteiger partial charge in [0, 0.05) is 11.1 Å². The molecular formula is C14H9NOS. The van der Waals surface area contributed by atoms with Crippen LogP contribution in [0, 0.1) is 0 Å². The summed E-state index contributed by atoms with van der Waals surface area (Å²) in [7, 11) is 0. The van der Waals surface area contributed by atoms with E-state index < -0.39 is 0 Å². The topological polar surface area (TPSA) is 30.0 Å². The van der Waals surface area contributed by atoms with Gasteiger partial charge in [0.05, 0.1) is 10.2 Å². The van der Waals surface area contributed by atoms with Crippen LogP contribution >= 0.6 is 11.3 Å². The van der Waals surface area contributed by atoms with Gasteiger partial charge in [-0.2, -0.15) is 0 Å². The molecule has 0 aliphatic rings. The van der Waals surface area contributed by atoms with Gasteiger partial charge in [-0.05, 0) is 12.1 Å². The van der Waals surface area contributed by atoms with Crippen molar-refractivity contribution in [3.8, 4) is 10.6 Å². The van der Waals surface area contributed by atoms with Crippen molar-refractivity contribution in [1.29, 1.82) is 0 Å². The molecule has 0 radical (unpaired) electrons. The van der Waals surface area contributed by atoms with Crippen molar-refractivity contribution < 1.29 is 4.79 Å². The largest absolute Gasteiger partial charge is 0.298 e. The predicted molar refractivity (Wildman–Crippen MR) is 70.4 cm³/mol. The number of nitrogens with zero attached hydrogens (tertiary/aromatic N) is 1. The molecule has 0 amide bonds. The first-order chi connectivity index (χ1) is 8.36. The number of fused-ring (bicyclic) bond motifs is 1. The summed E-state index contributed by atoms with van der Waals surface area (Å²) >= 11 is 1.64. The van der Waals surface area contributed by atoms with Crippen LogP contribution in [-0.2, 0) is 0 Å². The molecule has 0 spiro atoms. The van der Waals surface area contributed by atoms with Crippen LogP contribution in [0.15, 0.2) is 48.5 Å². The SMILES string of the molecule is O=Cc1ccc2sc(-c3ccccc3)nc2c1. The molecule has 2 nitrogen and oxygen atoms in total. The Morgan fingerprint density at radius 1 is 1.06 bits per heavy atom. The highest BCUT2D eigenvalue weighted by atomic mass is 32.1. The molecule has 3 aromatic rings. The number of aldehydes is 1. The van der Waals surface area contributed by atoms with E-state index in [4.69, 9.17) is 0 Å². The Bertz CT molecular complexity index is 673. The van der Waals surface area contributed by atoms with E-state index in [1.165, 1.54) is 0 Å². The van der Waals surface area contributed by atoms with Gasteiger partial charge in [-0.15, -0.1) is 11.3 Å². The number of carbonyl (C=O) groups excluding carboxylic acids is 1. The van der Waals surface area contributed by atoms with Crippen LogP contribution in [0.1, 0.15) is 10.4 Å². The Labute approximate surface area is 103 Å². The van der Waals surface area contributed by atoms with Gasteiger partial charge in [-0.1, -0.05) is 36.4 Å². The van der Waals surface area contributed by atoms with Crippen molar-refractivity contribution in [2.75, 3.05) is 0 Å². The lowest BCUT2D eigenvalue weighted by molar-refractivity contribution is 0.112. The number of carbonyl (C=O) groups is 1. The van der Waals surface area contributed by atoms with Gasteiger partial charge in [0.25, 0.3) is 0 Å². The fourth-order valence-electron chi connectivity index (χ4n) is 1.72. The van der Waals surface area contributed by atoms with Gasteiger partial charge in [0.15, 0.2) is 0 Å². The molecule has 0 saturated heterocycles. The van der Waals surface area contributed by atoms with Crippen molar-refractivity contribution in [2.45, 2.75) is 0 Å². The van der Waals surface area contributed by atoms with Crippen molar-refractivity contribution in [2.24, 2.45) is 0 Å². The van der Waals surface area contributed by atoms with Crippen molar-refractivity contribution >= 4 is 27.8 Å². The number of hydrogen-bond donors (Lipinski definition) is 0. The molecule has 1 aromatic heterocycles. The highest BCUT2D eigenvalue weighted by molar-refractivity contribution is 7.21. The van der Waals surface area contributed by atoms with Gasteiger partial charge in [-0.25, -0.2) is 4.98 Å². The molecule has 0 atom stereocenters. The van der Waals surface area contributed by atoms with Crippen LogP contribution in [-0.4, -0.2) is 11.3 Å². The standard InChI is InChI=1S/C14H9NOS/c16-9-10-6-7-13-12(8-10)15-14(17-13)11-4-2-1-3-5-11/h1-9H. The van der Waals surface area contributed by atoms with Gasteiger partial charge in [-0.3, -0.25) is 4.79 Å². The summed E-state index contributed by atoms with van der Waals surface area (Å²) in [4.78, 5) is 15.3. The van der Waals surface area contributed by atoms with E-state index >= 15 is 0 Å². The first-order valence-corrected chi connectivity index (χ1v) is 6.10. The molecule has 0 saturated carbocycles. The number of benzene rings is 2. The molecule has 17 heavy (non-hydrogen) atoms.